The molecular weight excluding hydrogens is 346 g/mol. The third kappa shape index (κ3) is 3.38. The summed E-state index contributed by atoms with van der Waals surface area (Å²) in [7, 11) is 0. The van der Waals surface area contributed by atoms with Crippen molar-refractivity contribution in [2.45, 2.75) is 37.5 Å². The third-order valence-corrected chi connectivity index (χ3v) is 5.96. The van der Waals surface area contributed by atoms with Gasteiger partial charge in [0, 0.05) is 23.5 Å². The van der Waals surface area contributed by atoms with Gasteiger partial charge in [0.15, 0.2) is 0 Å². The van der Waals surface area contributed by atoms with Crippen LogP contribution in [0.4, 0.5) is 0 Å². The van der Waals surface area contributed by atoms with E-state index < -0.39 is 10.8 Å². The van der Waals surface area contributed by atoms with E-state index in [0.717, 1.165) is 24.0 Å². The Bertz CT molecular complexity index is 775. The van der Waals surface area contributed by atoms with Crippen LogP contribution in [0.1, 0.15) is 37.8 Å². The quantitative estimate of drug-likeness (QED) is 0.876. The molecule has 1 amide bonds. The number of halogens is 1. The van der Waals surface area contributed by atoms with Crippen molar-refractivity contribution in [1.82, 2.24) is 4.90 Å². The predicted molar refractivity (Wildman–Crippen MR) is 105 cm³/mol. The molecule has 0 radical (unpaired) electrons. The molecule has 1 aliphatic rings. The lowest BCUT2D eigenvalue weighted by Gasteiger charge is -2.44. The summed E-state index contributed by atoms with van der Waals surface area (Å²) >= 11 is 6.36. The molecule has 4 heteroatoms. The number of hydrogen-bond acceptors (Lipinski definition) is 2. The number of aliphatic hydroxyl groups is 1. The van der Waals surface area contributed by atoms with Crippen LogP contribution in [0.15, 0.2) is 54.6 Å². The standard InChI is InChI=1S/C22H26ClNO2/c1-21(2,18-11-6-7-12-19(18)23)20(26)24-14-8-13-22(15-24,16-25)17-9-4-3-5-10-17/h3-7,9-12,25H,8,13-16H2,1-2H3. The van der Waals surface area contributed by atoms with Gasteiger partial charge >= 0.3 is 0 Å². The number of carbonyl (C=O) groups excluding carboxylic acids is 1. The molecule has 0 spiro atoms. The maximum atomic E-state index is 13.4. The second kappa shape index (κ2) is 7.42. The van der Waals surface area contributed by atoms with Gasteiger partial charge in [0.1, 0.15) is 0 Å². The molecule has 3 rings (SSSR count). The Morgan fingerprint density at radius 3 is 2.46 bits per heavy atom. The zero-order valence-electron chi connectivity index (χ0n) is 15.4. The summed E-state index contributed by atoms with van der Waals surface area (Å²) in [6, 6.07) is 17.6. The fraction of sp³-hybridized carbons (Fsp3) is 0.409. The van der Waals surface area contributed by atoms with E-state index in [0.29, 0.717) is 18.1 Å². The lowest BCUT2D eigenvalue weighted by molar-refractivity contribution is -0.139. The molecule has 0 aliphatic carbocycles. The highest BCUT2D eigenvalue weighted by molar-refractivity contribution is 6.31. The first-order valence-electron chi connectivity index (χ1n) is 9.11. The number of amides is 1. The fourth-order valence-electron chi connectivity index (χ4n) is 4.03. The highest BCUT2D eigenvalue weighted by Crippen LogP contribution is 2.37. The summed E-state index contributed by atoms with van der Waals surface area (Å²) in [6.07, 6.45) is 1.75. The van der Waals surface area contributed by atoms with Gasteiger partial charge in [-0.15, -0.1) is 0 Å². The molecule has 0 saturated carbocycles. The number of likely N-dealkylation sites (tertiary alicyclic amines) is 1. The van der Waals surface area contributed by atoms with Crippen LogP contribution in [-0.2, 0) is 15.6 Å². The number of piperidine rings is 1. The molecule has 2 aromatic rings. The first kappa shape index (κ1) is 18.9. The van der Waals surface area contributed by atoms with Crippen molar-refractivity contribution in [3.05, 3.63) is 70.7 Å². The van der Waals surface area contributed by atoms with Gasteiger partial charge in [-0.25, -0.2) is 0 Å². The molecule has 1 atom stereocenters. The van der Waals surface area contributed by atoms with Crippen LogP contribution in [0.3, 0.4) is 0 Å². The molecule has 26 heavy (non-hydrogen) atoms. The second-order valence-electron chi connectivity index (χ2n) is 7.74. The Morgan fingerprint density at radius 2 is 1.81 bits per heavy atom. The van der Waals surface area contributed by atoms with Crippen molar-refractivity contribution in [1.29, 1.82) is 0 Å². The average Bonchev–Trinajstić information content (AvgIpc) is 2.68. The Balaban J connectivity index is 1.89. The maximum Gasteiger partial charge on any atom is 0.232 e. The van der Waals surface area contributed by atoms with E-state index in [1.54, 1.807) is 0 Å². The van der Waals surface area contributed by atoms with Gasteiger partial charge in [-0.3, -0.25) is 4.79 Å². The van der Waals surface area contributed by atoms with E-state index in [-0.39, 0.29) is 12.5 Å². The van der Waals surface area contributed by atoms with Crippen LogP contribution in [0, 0.1) is 0 Å². The van der Waals surface area contributed by atoms with Gasteiger partial charge < -0.3 is 10.0 Å². The molecule has 1 aliphatic heterocycles. The van der Waals surface area contributed by atoms with Crippen LogP contribution in [0.5, 0.6) is 0 Å². The minimum atomic E-state index is -0.715. The molecule has 1 unspecified atom stereocenters. The van der Waals surface area contributed by atoms with Crippen molar-refractivity contribution in [3.63, 3.8) is 0 Å². The summed E-state index contributed by atoms with van der Waals surface area (Å²) in [5.41, 5.74) is 0.821. The van der Waals surface area contributed by atoms with E-state index in [2.05, 4.69) is 0 Å². The fourth-order valence-corrected chi connectivity index (χ4v) is 4.40. The molecule has 138 valence electrons. The highest BCUT2D eigenvalue weighted by Gasteiger charge is 2.42. The molecule has 1 heterocycles. The summed E-state index contributed by atoms with van der Waals surface area (Å²) < 4.78 is 0. The van der Waals surface area contributed by atoms with E-state index >= 15 is 0 Å². The normalized spacial score (nSPS) is 20.8. The van der Waals surface area contributed by atoms with Crippen molar-refractivity contribution in [2.24, 2.45) is 0 Å². The zero-order chi connectivity index (χ0) is 18.8. The van der Waals surface area contributed by atoms with Crippen molar-refractivity contribution >= 4 is 17.5 Å². The van der Waals surface area contributed by atoms with Gasteiger partial charge in [-0.2, -0.15) is 0 Å². The second-order valence-corrected chi connectivity index (χ2v) is 8.15. The summed E-state index contributed by atoms with van der Waals surface area (Å²) in [6.45, 7) is 5.12. The summed E-state index contributed by atoms with van der Waals surface area (Å²) in [5, 5.41) is 10.8. The van der Waals surface area contributed by atoms with E-state index in [1.165, 1.54) is 0 Å². The topological polar surface area (TPSA) is 40.5 Å². The van der Waals surface area contributed by atoms with Crippen LogP contribution >= 0.6 is 11.6 Å². The molecule has 1 fully saturated rings. The molecule has 2 aromatic carbocycles. The van der Waals surface area contributed by atoms with Crippen molar-refractivity contribution in [3.8, 4) is 0 Å². The third-order valence-electron chi connectivity index (χ3n) is 5.63. The van der Waals surface area contributed by atoms with Crippen molar-refractivity contribution in [2.75, 3.05) is 19.7 Å². The molecule has 3 nitrogen and oxygen atoms in total. The minimum absolute atomic E-state index is 0.0350. The monoisotopic (exact) mass is 371 g/mol. The number of nitrogens with zero attached hydrogens (tertiary/aromatic N) is 1. The first-order chi connectivity index (χ1) is 12.4. The first-order valence-corrected chi connectivity index (χ1v) is 9.49. The number of benzene rings is 2. The highest BCUT2D eigenvalue weighted by atomic mass is 35.5. The Labute approximate surface area is 160 Å². The summed E-state index contributed by atoms with van der Waals surface area (Å²) in [4.78, 5) is 15.3. The minimum Gasteiger partial charge on any atom is -0.395 e. The zero-order valence-corrected chi connectivity index (χ0v) is 16.2. The largest absolute Gasteiger partial charge is 0.395 e. The molecule has 0 bridgehead atoms. The van der Waals surface area contributed by atoms with E-state index in [1.807, 2.05) is 73.3 Å². The Kier molecular flexibility index (Phi) is 5.40. The van der Waals surface area contributed by atoms with Gasteiger partial charge in [0.05, 0.1) is 12.0 Å². The lowest BCUT2D eigenvalue weighted by Crippen LogP contribution is -2.54. The molecule has 1 saturated heterocycles. The van der Waals surface area contributed by atoms with E-state index in [9.17, 15) is 9.90 Å². The van der Waals surface area contributed by atoms with Crippen LogP contribution in [0.2, 0.25) is 5.02 Å². The number of carbonyl (C=O) groups is 1. The van der Waals surface area contributed by atoms with Crippen molar-refractivity contribution < 1.29 is 9.90 Å². The Hall–Kier alpha value is -1.84. The maximum absolute atomic E-state index is 13.4. The SMILES string of the molecule is CC(C)(C(=O)N1CCCC(CO)(c2ccccc2)C1)c1ccccc1Cl. The van der Waals surface area contributed by atoms with E-state index in [4.69, 9.17) is 11.6 Å². The number of rotatable bonds is 4. The van der Waals surface area contributed by atoms with Gasteiger partial charge in [-0.1, -0.05) is 60.1 Å². The molecular formula is C22H26ClNO2. The van der Waals surface area contributed by atoms with Crippen LogP contribution < -0.4 is 0 Å². The van der Waals surface area contributed by atoms with Gasteiger partial charge in [-0.05, 0) is 43.9 Å². The number of hydrogen-bond donors (Lipinski definition) is 1. The lowest BCUT2D eigenvalue weighted by atomic mass is 9.73. The number of aliphatic hydroxyl groups excluding tert-OH is 1. The Morgan fingerprint density at radius 1 is 1.15 bits per heavy atom. The smallest absolute Gasteiger partial charge is 0.232 e. The van der Waals surface area contributed by atoms with Gasteiger partial charge in [0.25, 0.3) is 0 Å². The van der Waals surface area contributed by atoms with Crippen LogP contribution in [-0.4, -0.2) is 35.6 Å². The summed E-state index contributed by atoms with van der Waals surface area (Å²) in [5.74, 6) is 0.0547. The molecule has 0 aromatic heterocycles. The van der Waals surface area contributed by atoms with Gasteiger partial charge in [0.2, 0.25) is 5.91 Å². The van der Waals surface area contributed by atoms with Crippen LogP contribution in [0.25, 0.3) is 0 Å². The predicted octanol–water partition coefficient (Wildman–Crippen LogP) is 4.17. The average molecular weight is 372 g/mol. The molecule has 1 N–H and O–H groups in total.